The summed E-state index contributed by atoms with van der Waals surface area (Å²) in [6.07, 6.45) is 9.09. The Bertz CT molecular complexity index is 266. The molecule has 0 aromatic rings. The molecule has 0 aliphatic heterocycles. The Morgan fingerprint density at radius 2 is 1.74 bits per heavy atom. The van der Waals surface area contributed by atoms with E-state index in [1.165, 1.54) is 44.9 Å². The normalized spacial score (nSPS) is 18.5. The lowest BCUT2D eigenvalue weighted by molar-refractivity contribution is 0.0530. The molecular formula is C15H30N2O2. The van der Waals surface area contributed by atoms with E-state index in [0.29, 0.717) is 12.5 Å². The number of amides is 2. The molecule has 112 valence electrons. The number of carbonyl (C=O) groups is 1. The maximum Gasteiger partial charge on any atom is 0.317 e. The van der Waals surface area contributed by atoms with Crippen LogP contribution >= 0.6 is 0 Å². The minimum Gasteiger partial charge on any atom is -0.389 e. The molecule has 2 amide bonds. The number of nitrogens with one attached hydrogen (secondary N) is 1. The molecule has 0 spiro atoms. The zero-order chi connectivity index (χ0) is 14.3. The average molecular weight is 270 g/mol. The van der Waals surface area contributed by atoms with Crippen LogP contribution in [-0.4, -0.2) is 41.8 Å². The van der Waals surface area contributed by atoms with Crippen molar-refractivity contribution in [2.24, 2.45) is 5.92 Å². The Morgan fingerprint density at radius 1 is 1.21 bits per heavy atom. The number of nitrogens with zero attached hydrogens (tertiary/aromatic N) is 1. The molecule has 1 aliphatic carbocycles. The van der Waals surface area contributed by atoms with Crippen LogP contribution in [0.3, 0.4) is 0 Å². The van der Waals surface area contributed by atoms with Crippen LogP contribution in [0.2, 0.25) is 0 Å². The summed E-state index contributed by atoms with van der Waals surface area (Å²) in [5, 5.41) is 12.7. The smallest absolute Gasteiger partial charge is 0.317 e. The monoisotopic (exact) mass is 270 g/mol. The highest BCUT2D eigenvalue weighted by molar-refractivity contribution is 5.73. The van der Waals surface area contributed by atoms with Gasteiger partial charge < -0.3 is 15.3 Å². The summed E-state index contributed by atoms with van der Waals surface area (Å²) in [6, 6.07) is -0.0795. The van der Waals surface area contributed by atoms with Crippen molar-refractivity contribution < 1.29 is 9.90 Å². The molecule has 4 heteroatoms. The third-order valence-electron chi connectivity index (χ3n) is 3.74. The Hall–Kier alpha value is -0.770. The van der Waals surface area contributed by atoms with E-state index in [1.807, 2.05) is 0 Å². The van der Waals surface area contributed by atoms with E-state index in [-0.39, 0.29) is 6.03 Å². The Balaban J connectivity index is 2.27. The first-order chi connectivity index (χ1) is 8.88. The highest BCUT2D eigenvalue weighted by Crippen LogP contribution is 2.21. The zero-order valence-corrected chi connectivity index (χ0v) is 12.7. The van der Waals surface area contributed by atoms with Gasteiger partial charge in [0, 0.05) is 13.6 Å². The summed E-state index contributed by atoms with van der Waals surface area (Å²) >= 11 is 0. The molecule has 0 radical (unpaired) electrons. The van der Waals surface area contributed by atoms with E-state index in [1.54, 1.807) is 25.8 Å². The summed E-state index contributed by atoms with van der Waals surface area (Å²) in [5.41, 5.74) is -0.841. The van der Waals surface area contributed by atoms with Gasteiger partial charge in [-0.05, 0) is 32.6 Å². The van der Waals surface area contributed by atoms with Gasteiger partial charge in [0.15, 0.2) is 0 Å². The molecule has 1 rings (SSSR count). The molecule has 1 fully saturated rings. The molecule has 0 heterocycles. The minimum absolute atomic E-state index is 0.0795. The van der Waals surface area contributed by atoms with Gasteiger partial charge in [-0.15, -0.1) is 0 Å². The Kier molecular flexibility index (Phi) is 6.63. The predicted molar refractivity (Wildman–Crippen MR) is 78.1 cm³/mol. The second kappa shape index (κ2) is 7.73. The van der Waals surface area contributed by atoms with E-state index >= 15 is 0 Å². The molecule has 0 unspecified atom stereocenters. The van der Waals surface area contributed by atoms with Crippen LogP contribution < -0.4 is 5.32 Å². The van der Waals surface area contributed by atoms with Gasteiger partial charge in [0.05, 0.1) is 12.1 Å². The van der Waals surface area contributed by atoms with Gasteiger partial charge in [-0.3, -0.25) is 0 Å². The van der Waals surface area contributed by atoms with Crippen molar-refractivity contribution >= 4 is 6.03 Å². The fraction of sp³-hybridized carbons (Fsp3) is 0.933. The third-order valence-corrected chi connectivity index (χ3v) is 3.74. The molecule has 1 aliphatic rings. The predicted octanol–water partition coefficient (Wildman–Crippen LogP) is 2.76. The Morgan fingerprint density at radius 3 is 2.26 bits per heavy atom. The van der Waals surface area contributed by atoms with Crippen LogP contribution in [0.4, 0.5) is 4.79 Å². The van der Waals surface area contributed by atoms with Crippen molar-refractivity contribution in [3.63, 3.8) is 0 Å². The molecule has 4 nitrogen and oxygen atoms in total. The van der Waals surface area contributed by atoms with Crippen LogP contribution in [0.1, 0.15) is 58.8 Å². The lowest BCUT2D eigenvalue weighted by atomic mass is 9.91. The van der Waals surface area contributed by atoms with Crippen molar-refractivity contribution in [2.75, 3.05) is 20.1 Å². The molecule has 0 bridgehead atoms. The van der Waals surface area contributed by atoms with E-state index in [9.17, 15) is 9.90 Å². The van der Waals surface area contributed by atoms with Gasteiger partial charge in [-0.1, -0.05) is 32.1 Å². The van der Waals surface area contributed by atoms with Crippen LogP contribution in [0.5, 0.6) is 0 Å². The molecule has 2 N–H and O–H groups in total. The maximum atomic E-state index is 11.9. The summed E-state index contributed by atoms with van der Waals surface area (Å²) in [4.78, 5) is 13.5. The number of hydrogen-bond acceptors (Lipinski definition) is 2. The first kappa shape index (κ1) is 16.3. The molecule has 19 heavy (non-hydrogen) atoms. The van der Waals surface area contributed by atoms with E-state index in [0.717, 1.165) is 6.54 Å². The summed E-state index contributed by atoms with van der Waals surface area (Å²) in [5.74, 6) is 0.625. The fourth-order valence-corrected chi connectivity index (χ4v) is 2.76. The second-order valence-corrected chi connectivity index (χ2v) is 6.57. The van der Waals surface area contributed by atoms with Crippen LogP contribution in [0.15, 0.2) is 0 Å². The maximum absolute atomic E-state index is 11.9. The molecule has 0 aromatic carbocycles. The summed E-state index contributed by atoms with van der Waals surface area (Å²) in [7, 11) is 1.73. The average Bonchev–Trinajstić information content (AvgIpc) is 2.24. The van der Waals surface area contributed by atoms with E-state index in [2.05, 4.69) is 5.32 Å². The number of rotatable bonds is 4. The topological polar surface area (TPSA) is 52.6 Å². The highest BCUT2D eigenvalue weighted by atomic mass is 16.3. The first-order valence-corrected chi connectivity index (χ1v) is 7.60. The molecule has 1 saturated carbocycles. The second-order valence-electron chi connectivity index (χ2n) is 6.57. The number of urea groups is 1. The van der Waals surface area contributed by atoms with Gasteiger partial charge in [-0.2, -0.15) is 0 Å². The molecule has 0 atom stereocenters. The number of hydrogen-bond donors (Lipinski definition) is 2. The number of likely N-dealkylation sites (N-methyl/N-ethyl adjacent to an activating group) is 1. The fourth-order valence-electron chi connectivity index (χ4n) is 2.76. The van der Waals surface area contributed by atoms with Gasteiger partial charge >= 0.3 is 6.03 Å². The number of carbonyl (C=O) groups excluding carboxylic acids is 1. The van der Waals surface area contributed by atoms with Crippen molar-refractivity contribution in [1.82, 2.24) is 10.2 Å². The van der Waals surface area contributed by atoms with Crippen molar-refractivity contribution in [3.8, 4) is 0 Å². The van der Waals surface area contributed by atoms with Gasteiger partial charge in [0.1, 0.15) is 0 Å². The summed E-state index contributed by atoms with van der Waals surface area (Å²) in [6.45, 7) is 4.55. The van der Waals surface area contributed by atoms with Crippen molar-refractivity contribution in [3.05, 3.63) is 0 Å². The van der Waals surface area contributed by atoms with Crippen molar-refractivity contribution in [2.45, 2.75) is 64.4 Å². The first-order valence-electron chi connectivity index (χ1n) is 7.60. The van der Waals surface area contributed by atoms with Crippen LogP contribution in [-0.2, 0) is 0 Å². The van der Waals surface area contributed by atoms with Gasteiger partial charge in [0.25, 0.3) is 0 Å². The molecule has 0 aromatic heterocycles. The van der Waals surface area contributed by atoms with E-state index < -0.39 is 5.60 Å². The highest BCUT2D eigenvalue weighted by Gasteiger charge is 2.20. The number of aliphatic hydroxyl groups is 1. The minimum atomic E-state index is -0.841. The van der Waals surface area contributed by atoms with Crippen LogP contribution in [0.25, 0.3) is 0 Å². The zero-order valence-electron chi connectivity index (χ0n) is 12.7. The quantitative estimate of drug-likeness (QED) is 0.825. The lowest BCUT2D eigenvalue weighted by Crippen LogP contribution is -2.45. The SMILES string of the molecule is CN(CC(C)(C)O)C(=O)NCC1CCCCCCC1. The standard InChI is InChI=1S/C15H30N2O2/c1-15(2,19)12-17(3)14(18)16-11-13-9-7-5-4-6-8-10-13/h13,19H,4-12H2,1-3H3,(H,16,18). The third kappa shape index (κ3) is 7.41. The summed E-state index contributed by atoms with van der Waals surface area (Å²) < 4.78 is 0. The molecule has 0 saturated heterocycles. The largest absolute Gasteiger partial charge is 0.389 e. The Labute approximate surface area is 117 Å². The molecular weight excluding hydrogens is 240 g/mol. The van der Waals surface area contributed by atoms with Crippen molar-refractivity contribution in [1.29, 1.82) is 0 Å². The van der Waals surface area contributed by atoms with Gasteiger partial charge in [-0.25, -0.2) is 4.79 Å². The van der Waals surface area contributed by atoms with Gasteiger partial charge in [0.2, 0.25) is 0 Å². The van der Waals surface area contributed by atoms with Crippen LogP contribution in [0, 0.1) is 5.92 Å². The van der Waals surface area contributed by atoms with E-state index in [4.69, 9.17) is 0 Å². The lowest BCUT2D eigenvalue weighted by Gasteiger charge is -2.27.